The molecule has 0 amide bonds. The second-order valence-corrected chi connectivity index (χ2v) is 8.17. The number of carbonyl (C=O) groups excluding carboxylic acids is 1. The van der Waals surface area contributed by atoms with Crippen LogP contribution in [-0.2, 0) is 22.7 Å². The minimum Gasteiger partial charge on any atom is -0.461 e. The van der Waals surface area contributed by atoms with Crippen molar-refractivity contribution in [1.82, 2.24) is 10.1 Å². The van der Waals surface area contributed by atoms with Crippen molar-refractivity contribution >= 4 is 5.97 Å². The van der Waals surface area contributed by atoms with E-state index in [1.807, 2.05) is 36.4 Å². The van der Waals surface area contributed by atoms with E-state index < -0.39 is 0 Å². The summed E-state index contributed by atoms with van der Waals surface area (Å²) in [6.07, 6.45) is 4.47. The maximum absolute atomic E-state index is 11.0. The molecule has 168 valence electrons. The topological polar surface area (TPSA) is 87.2 Å². The van der Waals surface area contributed by atoms with Gasteiger partial charge in [-0.15, -0.1) is 0 Å². The predicted octanol–water partition coefficient (Wildman–Crippen LogP) is 4.84. The van der Waals surface area contributed by atoms with Crippen molar-refractivity contribution in [1.29, 1.82) is 0 Å². The van der Waals surface area contributed by atoms with E-state index in [4.69, 9.17) is 23.2 Å². The Hall–Kier alpha value is -3.26. The van der Waals surface area contributed by atoms with Gasteiger partial charge in [-0.3, -0.25) is 9.69 Å². The second kappa shape index (κ2) is 9.08. The SMILES string of the molecule is CC(=O)OCc1ccc(CN2CCCCC[C@H]2c2cc(-c3ccc4c(c3)OCO4)on2)o1. The van der Waals surface area contributed by atoms with Crippen LogP contribution in [0.1, 0.15) is 55.9 Å². The van der Waals surface area contributed by atoms with Crippen molar-refractivity contribution in [2.75, 3.05) is 13.3 Å². The smallest absolute Gasteiger partial charge is 0.303 e. The fourth-order valence-electron chi connectivity index (χ4n) is 4.28. The lowest BCUT2D eigenvalue weighted by molar-refractivity contribution is -0.142. The third-order valence-electron chi connectivity index (χ3n) is 5.88. The maximum Gasteiger partial charge on any atom is 0.303 e. The molecule has 1 saturated heterocycles. The second-order valence-electron chi connectivity index (χ2n) is 8.17. The first-order valence-electron chi connectivity index (χ1n) is 11.0. The summed E-state index contributed by atoms with van der Waals surface area (Å²) in [6, 6.07) is 11.7. The van der Waals surface area contributed by atoms with E-state index in [1.54, 1.807) is 0 Å². The van der Waals surface area contributed by atoms with Crippen molar-refractivity contribution in [3.05, 3.63) is 53.6 Å². The summed E-state index contributed by atoms with van der Waals surface area (Å²) in [7, 11) is 0. The standard InChI is InChI=1S/C24H26N2O6/c1-16(27)28-14-19-8-7-18(31-19)13-26-10-4-2-3-5-21(26)20-12-23(32-25-20)17-6-9-22-24(11-17)30-15-29-22/h6-9,11-12,21H,2-5,10,13-15H2,1H3/t21-/m0/s1. The van der Waals surface area contributed by atoms with Crippen molar-refractivity contribution in [3.63, 3.8) is 0 Å². The van der Waals surface area contributed by atoms with E-state index in [1.165, 1.54) is 13.3 Å². The molecule has 0 saturated carbocycles. The lowest BCUT2D eigenvalue weighted by atomic mass is 10.0. The molecule has 1 fully saturated rings. The highest BCUT2D eigenvalue weighted by molar-refractivity contribution is 5.65. The van der Waals surface area contributed by atoms with E-state index in [-0.39, 0.29) is 25.4 Å². The van der Waals surface area contributed by atoms with Crippen LogP contribution in [0.15, 0.2) is 45.3 Å². The highest BCUT2D eigenvalue weighted by Gasteiger charge is 2.27. The molecule has 2 aliphatic rings. The average molecular weight is 438 g/mol. The van der Waals surface area contributed by atoms with Crippen LogP contribution in [0.4, 0.5) is 0 Å². The van der Waals surface area contributed by atoms with E-state index in [0.717, 1.165) is 54.3 Å². The van der Waals surface area contributed by atoms with Crippen LogP contribution in [0, 0.1) is 0 Å². The van der Waals surface area contributed by atoms with E-state index >= 15 is 0 Å². The molecular weight excluding hydrogens is 412 g/mol. The summed E-state index contributed by atoms with van der Waals surface area (Å²) in [5, 5.41) is 4.42. The highest BCUT2D eigenvalue weighted by atomic mass is 16.7. The molecule has 0 radical (unpaired) electrons. The summed E-state index contributed by atoms with van der Waals surface area (Å²) >= 11 is 0. The Morgan fingerprint density at radius 3 is 2.88 bits per heavy atom. The monoisotopic (exact) mass is 438 g/mol. The van der Waals surface area contributed by atoms with Crippen molar-refractivity contribution in [3.8, 4) is 22.8 Å². The molecule has 0 bridgehead atoms. The van der Waals surface area contributed by atoms with E-state index in [0.29, 0.717) is 18.1 Å². The van der Waals surface area contributed by atoms with Crippen molar-refractivity contribution in [2.45, 2.75) is 51.8 Å². The zero-order chi connectivity index (χ0) is 21.9. The molecule has 8 nitrogen and oxygen atoms in total. The Balaban J connectivity index is 1.33. The molecule has 0 spiro atoms. The molecule has 1 atom stereocenters. The van der Waals surface area contributed by atoms with Crippen LogP contribution in [-0.4, -0.2) is 29.4 Å². The number of aromatic nitrogens is 1. The fraction of sp³-hybridized carbons (Fsp3) is 0.417. The first-order valence-corrected chi connectivity index (χ1v) is 11.0. The first-order chi connectivity index (χ1) is 15.7. The van der Waals surface area contributed by atoms with Crippen LogP contribution in [0.2, 0.25) is 0 Å². The fourth-order valence-corrected chi connectivity index (χ4v) is 4.28. The number of carbonyl (C=O) groups is 1. The minimum atomic E-state index is -0.320. The molecule has 0 aliphatic carbocycles. The number of nitrogens with zero attached hydrogens (tertiary/aromatic N) is 2. The molecule has 4 heterocycles. The van der Waals surface area contributed by atoms with Gasteiger partial charge < -0.3 is 23.2 Å². The Bertz CT molecular complexity index is 1090. The minimum absolute atomic E-state index is 0.144. The normalized spacial score (nSPS) is 18.5. The number of furan rings is 1. The molecule has 2 aliphatic heterocycles. The maximum atomic E-state index is 11.0. The zero-order valence-electron chi connectivity index (χ0n) is 18.0. The molecule has 8 heteroatoms. The summed E-state index contributed by atoms with van der Waals surface area (Å²) in [4.78, 5) is 13.4. The number of hydrogen-bond acceptors (Lipinski definition) is 8. The molecule has 3 aromatic rings. The number of rotatable bonds is 6. The van der Waals surface area contributed by atoms with Gasteiger partial charge in [0.1, 0.15) is 23.8 Å². The molecule has 5 rings (SSSR count). The van der Waals surface area contributed by atoms with Gasteiger partial charge in [0, 0.05) is 18.6 Å². The van der Waals surface area contributed by atoms with Crippen molar-refractivity contribution in [2.24, 2.45) is 0 Å². The summed E-state index contributed by atoms with van der Waals surface area (Å²) in [6.45, 7) is 3.41. The summed E-state index contributed by atoms with van der Waals surface area (Å²) < 4.78 is 27.5. The van der Waals surface area contributed by atoms with Crippen LogP contribution in [0.25, 0.3) is 11.3 Å². The van der Waals surface area contributed by atoms with Crippen LogP contribution in [0.3, 0.4) is 0 Å². The molecule has 0 N–H and O–H groups in total. The van der Waals surface area contributed by atoms with Gasteiger partial charge in [0.2, 0.25) is 6.79 Å². The number of likely N-dealkylation sites (tertiary alicyclic amines) is 1. The van der Waals surface area contributed by atoms with Crippen LogP contribution in [0.5, 0.6) is 11.5 Å². The van der Waals surface area contributed by atoms with Gasteiger partial charge in [-0.25, -0.2) is 0 Å². The third kappa shape index (κ3) is 4.50. The molecular formula is C24H26N2O6. The zero-order valence-corrected chi connectivity index (χ0v) is 18.0. The number of benzene rings is 1. The first kappa shape index (κ1) is 20.6. The van der Waals surface area contributed by atoms with Gasteiger partial charge >= 0.3 is 5.97 Å². The van der Waals surface area contributed by atoms with Crippen LogP contribution < -0.4 is 9.47 Å². The van der Waals surface area contributed by atoms with Gasteiger partial charge in [0.25, 0.3) is 0 Å². The molecule has 1 aromatic carbocycles. The average Bonchev–Trinajstić information content (AvgIpc) is 3.51. The Kier molecular flexibility index (Phi) is 5.85. The van der Waals surface area contributed by atoms with E-state index in [9.17, 15) is 4.79 Å². The molecule has 0 unspecified atom stereocenters. The van der Waals surface area contributed by atoms with Crippen molar-refractivity contribution < 1.29 is 27.9 Å². The number of esters is 1. The number of ether oxygens (including phenoxy) is 3. The van der Waals surface area contributed by atoms with E-state index in [2.05, 4.69) is 10.1 Å². The van der Waals surface area contributed by atoms with Gasteiger partial charge in [-0.05, 0) is 49.7 Å². The highest BCUT2D eigenvalue weighted by Crippen LogP contribution is 2.38. The van der Waals surface area contributed by atoms with Gasteiger partial charge in [0.15, 0.2) is 17.3 Å². The summed E-state index contributed by atoms with van der Waals surface area (Å²) in [5.74, 6) is 3.35. The van der Waals surface area contributed by atoms with Gasteiger partial charge in [0.05, 0.1) is 12.6 Å². The quantitative estimate of drug-likeness (QED) is 0.505. The number of hydrogen-bond donors (Lipinski definition) is 0. The van der Waals surface area contributed by atoms with Crippen LogP contribution >= 0.6 is 0 Å². The molecule has 32 heavy (non-hydrogen) atoms. The van der Waals surface area contributed by atoms with Gasteiger partial charge in [-0.1, -0.05) is 18.0 Å². The lowest BCUT2D eigenvalue weighted by Crippen LogP contribution is -2.28. The Morgan fingerprint density at radius 1 is 1.09 bits per heavy atom. The third-order valence-corrected chi connectivity index (χ3v) is 5.88. The summed E-state index contributed by atoms with van der Waals surface area (Å²) in [5.41, 5.74) is 1.83. The number of fused-ring (bicyclic) bond motifs is 1. The molecule has 2 aromatic heterocycles. The predicted molar refractivity (Wildman–Crippen MR) is 114 cm³/mol. The Labute approximate surface area is 186 Å². The van der Waals surface area contributed by atoms with Gasteiger partial charge in [-0.2, -0.15) is 0 Å². The largest absolute Gasteiger partial charge is 0.461 e. The Morgan fingerprint density at radius 2 is 1.97 bits per heavy atom. The lowest BCUT2D eigenvalue weighted by Gasteiger charge is -2.27.